The van der Waals surface area contributed by atoms with E-state index in [2.05, 4.69) is 25.1 Å². The van der Waals surface area contributed by atoms with Gasteiger partial charge in [-0.15, -0.1) is 18.3 Å². The van der Waals surface area contributed by atoms with Crippen LogP contribution in [0.15, 0.2) is 78.0 Å². The lowest BCUT2D eigenvalue weighted by Crippen LogP contribution is -2.38. The number of nitrogens with one attached hydrogen (secondary N) is 1. The number of benzene rings is 3. The average Bonchev–Trinajstić information content (AvgIpc) is 3.72. The van der Waals surface area contributed by atoms with Crippen molar-refractivity contribution < 1.29 is 27.1 Å². The van der Waals surface area contributed by atoms with Gasteiger partial charge >= 0.3 is 12.4 Å². The van der Waals surface area contributed by atoms with E-state index in [1.165, 1.54) is 41.3 Å². The summed E-state index contributed by atoms with van der Waals surface area (Å²) in [5.41, 5.74) is 4.29. The first kappa shape index (κ1) is 32.5. The van der Waals surface area contributed by atoms with Crippen LogP contribution in [0.4, 0.5) is 28.0 Å². The quantitative estimate of drug-likeness (QED) is 0.199. The Morgan fingerprint density at radius 1 is 1.06 bits per heavy atom. The number of carbonyl (C=O) groups is 1. The van der Waals surface area contributed by atoms with Crippen molar-refractivity contribution >= 4 is 28.6 Å². The molecule has 2 heterocycles. The Morgan fingerprint density at radius 2 is 1.83 bits per heavy atom. The van der Waals surface area contributed by atoms with E-state index in [-0.39, 0.29) is 35.5 Å². The van der Waals surface area contributed by atoms with E-state index in [0.29, 0.717) is 16.7 Å². The zero-order chi connectivity index (χ0) is 33.1. The van der Waals surface area contributed by atoms with Gasteiger partial charge in [-0.3, -0.25) is 0 Å². The molecular weight excluding hydrogens is 632 g/mol. The predicted octanol–water partition coefficient (Wildman–Crippen LogP) is 8.44. The number of halogens is 4. The summed E-state index contributed by atoms with van der Waals surface area (Å²) in [6.45, 7) is 4.77. The van der Waals surface area contributed by atoms with Crippen molar-refractivity contribution in [3.8, 4) is 22.8 Å². The number of anilines is 1. The van der Waals surface area contributed by atoms with Gasteiger partial charge in [-0.05, 0) is 91.1 Å². The summed E-state index contributed by atoms with van der Waals surface area (Å²) in [7, 11) is 0. The maximum Gasteiger partial charge on any atom is 0.573 e. The van der Waals surface area contributed by atoms with Crippen LogP contribution in [0.3, 0.4) is 0 Å². The molecule has 1 aromatic heterocycles. The SMILES string of the molecule is CC(C)c1cc(F)ccc1N1CCCS/C1=N\C(=O)NC1CCC(c2ccc(-c3ncn(-c4ccc(OC(F)(F)F)cc4)n3)cc2)C1. The van der Waals surface area contributed by atoms with E-state index in [9.17, 15) is 22.4 Å². The van der Waals surface area contributed by atoms with Crippen molar-refractivity contribution in [3.63, 3.8) is 0 Å². The minimum absolute atomic E-state index is 0.000832. The van der Waals surface area contributed by atoms with E-state index in [1.807, 2.05) is 43.0 Å². The molecule has 0 radical (unpaired) electrons. The standard InChI is InChI=1S/C34H34F4N6O2S/c1-21(2)29-19-25(35)9-15-30(29)43-16-3-17-47-33(43)41-32(45)40-26-10-8-24(18-26)22-4-6-23(7-5-22)31-39-20-44(42-31)27-11-13-28(14-12-27)46-34(36,37)38/h4-7,9,11-15,19-21,24,26H,3,8,10,16-18H2,1-2H3,(H,40,45)/b41-33-. The van der Waals surface area contributed by atoms with Crippen molar-refractivity contribution in [2.45, 2.75) is 63.8 Å². The third kappa shape index (κ3) is 7.95. The Kier molecular flexibility index (Phi) is 9.53. The highest BCUT2D eigenvalue weighted by Gasteiger charge is 2.31. The molecule has 1 saturated carbocycles. The second-order valence-electron chi connectivity index (χ2n) is 11.9. The Balaban J connectivity index is 1.06. The fraction of sp³-hybridized carbons (Fsp3) is 0.353. The highest BCUT2D eigenvalue weighted by atomic mass is 32.2. The monoisotopic (exact) mass is 666 g/mol. The van der Waals surface area contributed by atoms with Crippen LogP contribution in [0.5, 0.6) is 5.75 Å². The molecule has 0 bridgehead atoms. The van der Waals surface area contributed by atoms with E-state index < -0.39 is 6.36 Å². The minimum Gasteiger partial charge on any atom is -0.406 e. The normalized spacial score (nSPS) is 19.4. The molecule has 1 saturated heterocycles. The molecule has 6 rings (SSSR count). The number of amidine groups is 1. The lowest BCUT2D eigenvalue weighted by Gasteiger charge is -2.32. The van der Waals surface area contributed by atoms with Gasteiger partial charge in [0.2, 0.25) is 0 Å². The molecular formula is C34H34F4N6O2S. The summed E-state index contributed by atoms with van der Waals surface area (Å²) in [6.07, 6.45) is 0.259. The van der Waals surface area contributed by atoms with Gasteiger partial charge in [0.1, 0.15) is 17.9 Å². The smallest absolute Gasteiger partial charge is 0.406 e. The molecule has 4 aromatic rings. The topological polar surface area (TPSA) is 84.6 Å². The fourth-order valence-electron chi connectivity index (χ4n) is 6.04. The number of nitrogens with zero attached hydrogens (tertiary/aromatic N) is 5. The van der Waals surface area contributed by atoms with Crippen molar-refractivity contribution in [2.24, 2.45) is 4.99 Å². The number of hydrogen-bond acceptors (Lipinski definition) is 5. The summed E-state index contributed by atoms with van der Waals surface area (Å²) in [4.78, 5) is 23.9. The first-order chi connectivity index (χ1) is 22.5. The number of thioether (sulfide) groups is 1. The van der Waals surface area contributed by atoms with Crippen LogP contribution in [0, 0.1) is 5.82 Å². The molecule has 47 heavy (non-hydrogen) atoms. The number of urea groups is 1. The maximum absolute atomic E-state index is 14.0. The van der Waals surface area contributed by atoms with Crippen LogP contribution in [0.2, 0.25) is 0 Å². The van der Waals surface area contributed by atoms with Crippen LogP contribution in [-0.2, 0) is 0 Å². The van der Waals surface area contributed by atoms with Crippen molar-refractivity contribution in [1.29, 1.82) is 0 Å². The Hall–Kier alpha value is -4.39. The van der Waals surface area contributed by atoms with Gasteiger partial charge < -0.3 is 15.0 Å². The van der Waals surface area contributed by atoms with E-state index in [1.54, 1.807) is 23.9 Å². The van der Waals surface area contributed by atoms with Gasteiger partial charge in [-0.25, -0.2) is 18.9 Å². The van der Waals surface area contributed by atoms with E-state index in [0.717, 1.165) is 60.4 Å². The van der Waals surface area contributed by atoms with Crippen molar-refractivity contribution in [2.75, 3.05) is 17.2 Å². The first-order valence-corrected chi connectivity index (χ1v) is 16.5. The summed E-state index contributed by atoms with van der Waals surface area (Å²) in [5.74, 6) is 1.17. The lowest BCUT2D eigenvalue weighted by atomic mass is 9.96. The first-order valence-electron chi connectivity index (χ1n) is 15.5. The summed E-state index contributed by atoms with van der Waals surface area (Å²) >= 11 is 1.54. The minimum atomic E-state index is -4.75. The number of ether oxygens (including phenoxy) is 1. The Morgan fingerprint density at radius 3 is 2.55 bits per heavy atom. The number of carbonyl (C=O) groups excluding carboxylic acids is 1. The summed E-state index contributed by atoms with van der Waals surface area (Å²) in [6, 6.07) is 17.8. The second-order valence-corrected chi connectivity index (χ2v) is 13.0. The molecule has 2 atom stereocenters. The van der Waals surface area contributed by atoms with Crippen LogP contribution in [-0.4, -0.2) is 50.7 Å². The maximum atomic E-state index is 14.0. The van der Waals surface area contributed by atoms with Crippen LogP contribution >= 0.6 is 11.8 Å². The molecule has 8 nitrogen and oxygen atoms in total. The Labute approximate surface area is 274 Å². The predicted molar refractivity (Wildman–Crippen MR) is 175 cm³/mol. The number of aliphatic imine (C=N–C) groups is 1. The molecule has 2 amide bonds. The molecule has 1 aliphatic carbocycles. The number of hydrogen-bond donors (Lipinski definition) is 1. The largest absolute Gasteiger partial charge is 0.573 e. The van der Waals surface area contributed by atoms with Gasteiger partial charge in [0.25, 0.3) is 0 Å². The van der Waals surface area contributed by atoms with Gasteiger partial charge in [0.05, 0.1) is 5.69 Å². The van der Waals surface area contributed by atoms with Gasteiger partial charge in [-0.2, -0.15) is 4.99 Å². The number of rotatable bonds is 7. The molecule has 3 aromatic carbocycles. The van der Waals surface area contributed by atoms with Gasteiger partial charge in [0.15, 0.2) is 11.0 Å². The van der Waals surface area contributed by atoms with Crippen LogP contribution < -0.4 is 15.0 Å². The molecule has 2 unspecified atom stereocenters. The number of aromatic nitrogens is 3. The van der Waals surface area contributed by atoms with Crippen LogP contribution in [0.1, 0.15) is 62.5 Å². The third-order valence-electron chi connectivity index (χ3n) is 8.31. The molecule has 13 heteroatoms. The van der Waals surface area contributed by atoms with Crippen molar-refractivity contribution in [1.82, 2.24) is 20.1 Å². The summed E-state index contributed by atoms with van der Waals surface area (Å²) in [5, 5.41) is 8.21. The highest BCUT2D eigenvalue weighted by molar-refractivity contribution is 8.14. The van der Waals surface area contributed by atoms with E-state index in [4.69, 9.17) is 0 Å². The molecule has 0 spiro atoms. The molecule has 2 aliphatic rings. The third-order valence-corrected chi connectivity index (χ3v) is 9.38. The highest BCUT2D eigenvalue weighted by Crippen LogP contribution is 2.36. The van der Waals surface area contributed by atoms with E-state index >= 15 is 0 Å². The lowest BCUT2D eigenvalue weighted by molar-refractivity contribution is -0.274. The van der Waals surface area contributed by atoms with Crippen LogP contribution in [0.25, 0.3) is 17.1 Å². The molecule has 1 N–H and O–H groups in total. The van der Waals surface area contributed by atoms with Crippen molar-refractivity contribution in [3.05, 3.63) is 90.0 Å². The fourth-order valence-corrected chi connectivity index (χ4v) is 6.99. The van der Waals surface area contributed by atoms with Gasteiger partial charge in [-0.1, -0.05) is 49.9 Å². The molecule has 2 fully saturated rings. The molecule has 246 valence electrons. The summed E-state index contributed by atoms with van der Waals surface area (Å²) < 4.78 is 56.8. The van der Waals surface area contributed by atoms with Gasteiger partial charge in [0, 0.05) is 29.6 Å². The second kappa shape index (κ2) is 13.8. The zero-order valence-corrected chi connectivity index (χ0v) is 26.7. The Bertz CT molecular complexity index is 1740. The zero-order valence-electron chi connectivity index (χ0n) is 25.9. The number of amides is 2. The molecule has 1 aliphatic heterocycles. The number of alkyl halides is 3. The average molecular weight is 667 g/mol.